The van der Waals surface area contributed by atoms with Crippen LogP contribution in [0.3, 0.4) is 0 Å². The van der Waals surface area contributed by atoms with Crippen LogP contribution in [-0.4, -0.2) is 10.8 Å². The molecule has 0 atom stereocenters. The molecule has 1 heterocycles. The van der Waals surface area contributed by atoms with Crippen molar-refractivity contribution in [3.8, 4) is 0 Å². The first-order valence-corrected chi connectivity index (χ1v) is 3.56. The van der Waals surface area contributed by atoms with Crippen molar-refractivity contribution in [2.75, 3.05) is 0 Å². The molecule has 2 nitrogen and oxygen atoms in total. The van der Waals surface area contributed by atoms with Crippen molar-refractivity contribution >= 4 is 5.78 Å². The lowest BCUT2D eigenvalue weighted by atomic mass is 10.1. The number of nitrogens with zero attached hydrogens (tertiary/aromatic N) is 1. The third kappa shape index (κ3) is 1.45. The average Bonchev–Trinajstić information content (AvgIpc) is 1.94. The summed E-state index contributed by atoms with van der Waals surface area (Å²) in [5, 5.41) is 0. The number of hydrogen-bond donors (Lipinski definition) is 0. The van der Waals surface area contributed by atoms with Gasteiger partial charge in [-0.1, -0.05) is 0 Å². The summed E-state index contributed by atoms with van der Waals surface area (Å²) in [5.74, 6) is 0.0335. The van der Waals surface area contributed by atoms with Crippen molar-refractivity contribution in [3.63, 3.8) is 0 Å². The molecular formula is C9H11NO. The molecule has 0 spiro atoms. The summed E-state index contributed by atoms with van der Waals surface area (Å²) >= 11 is 0. The number of carbonyl (C=O) groups is 1. The third-order valence-corrected chi connectivity index (χ3v) is 1.81. The molecule has 0 radical (unpaired) electrons. The number of ketones is 1. The highest BCUT2D eigenvalue weighted by atomic mass is 16.1. The third-order valence-electron chi connectivity index (χ3n) is 1.81. The Balaban J connectivity index is 3.27. The van der Waals surface area contributed by atoms with Crippen molar-refractivity contribution in [2.24, 2.45) is 0 Å². The number of aromatic nitrogens is 1. The molecule has 0 aromatic carbocycles. The van der Waals surface area contributed by atoms with E-state index in [1.165, 1.54) is 6.92 Å². The Morgan fingerprint density at radius 1 is 1.45 bits per heavy atom. The van der Waals surface area contributed by atoms with Crippen molar-refractivity contribution < 1.29 is 4.79 Å². The van der Waals surface area contributed by atoms with E-state index in [1.54, 1.807) is 6.20 Å². The standard InChI is InChI=1S/C9H11NO/c1-6-4-5-10-9(7(6)2)8(3)11/h4-5H,1-3H3. The fourth-order valence-electron chi connectivity index (χ4n) is 0.987. The molecule has 0 unspecified atom stereocenters. The van der Waals surface area contributed by atoms with Gasteiger partial charge in [0.05, 0.1) is 0 Å². The number of carbonyl (C=O) groups excluding carboxylic acids is 1. The topological polar surface area (TPSA) is 30.0 Å². The van der Waals surface area contributed by atoms with Crippen LogP contribution in [0.2, 0.25) is 0 Å². The zero-order chi connectivity index (χ0) is 8.43. The Morgan fingerprint density at radius 2 is 2.09 bits per heavy atom. The maximum Gasteiger partial charge on any atom is 0.178 e. The largest absolute Gasteiger partial charge is 0.293 e. The molecule has 0 saturated heterocycles. The summed E-state index contributed by atoms with van der Waals surface area (Å²) in [6.07, 6.45) is 1.67. The van der Waals surface area contributed by atoms with Gasteiger partial charge in [0, 0.05) is 13.1 Å². The molecule has 58 valence electrons. The second-order valence-corrected chi connectivity index (χ2v) is 2.66. The van der Waals surface area contributed by atoms with E-state index < -0.39 is 0 Å². The van der Waals surface area contributed by atoms with Crippen LogP contribution in [-0.2, 0) is 0 Å². The summed E-state index contributed by atoms with van der Waals surface area (Å²) in [5.41, 5.74) is 2.69. The number of hydrogen-bond acceptors (Lipinski definition) is 2. The van der Waals surface area contributed by atoms with Crippen molar-refractivity contribution in [1.29, 1.82) is 0 Å². The molecule has 2 heteroatoms. The minimum atomic E-state index is 0.0335. The SMILES string of the molecule is CC(=O)c1nccc(C)c1C. The number of aryl methyl sites for hydroxylation is 1. The molecule has 1 aromatic heterocycles. The van der Waals surface area contributed by atoms with E-state index in [1.807, 2.05) is 19.9 Å². The van der Waals surface area contributed by atoms with Crippen molar-refractivity contribution in [2.45, 2.75) is 20.8 Å². The van der Waals surface area contributed by atoms with Gasteiger partial charge in [0.2, 0.25) is 0 Å². The average molecular weight is 149 g/mol. The molecule has 0 aliphatic carbocycles. The number of rotatable bonds is 1. The van der Waals surface area contributed by atoms with E-state index in [9.17, 15) is 4.79 Å². The molecule has 11 heavy (non-hydrogen) atoms. The van der Waals surface area contributed by atoms with Crippen LogP contribution >= 0.6 is 0 Å². The molecule has 0 N–H and O–H groups in total. The molecule has 0 aliphatic rings. The van der Waals surface area contributed by atoms with Gasteiger partial charge < -0.3 is 0 Å². The normalized spacial score (nSPS) is 9.73. The van der Waals surface area contributed by atoms with Crippen LogP contribution in [0.4, 0.5) is 0 Å². The first kappa shape index (κ1) is 7.92. The molecular weight excluding hydrogens is 138 g/mol. The van der Waals surface area contributed by atoms with Crippen LogP contribution < -0.4 is 0 Å². The molecule has 0 amide bonds. The zero-order valence-corrected chi connectivity index (χ0v) is 7.01. The van der Waals surface area contributed by atoms with E-state index in [0.29, 0.717) is 5.69 Å². The summed E-state index contributed by atoms with van der Waals surface area (Å²) < 4.78 is 0. The van der Waals surface area contributed by atoms with Crippen LogP contribution in [0, 0.1) is 13.8 Å². The second-order valence-electron chi connectivity index (χ2n) is 2.66. The lowest BCUT2D eigenvalue weighted by Crippen LogP contribution is -2.00. The van der Waals surface area contributed by atoms with Gasteiger partial charge in [-0.3, -0.25) is 9.78 Å². The quantitative estimate of drug-likeness (QED) is 0.571. The highest BCUT2D eigenvalue weighted by Crippen LogP contribution is 2.09. The minimum absolute atomic E-state index is 0.0335. The summed E-state index contributed by atoms with van der Waals surface area (Å²) in [7, 11) is 0. The Hall–Kier alpha value is -1.18. The molecule has 1 aromatic rings. The molecule has 1 rings (SSSR count). The van der Waals surface area contributed by atoms with Gasteiger partial charge in [-0.2, -0.15) is 0 Å². The number of Topliss-reactive ketones (excluding diaryl/α,β-unsaturated/α-hetero) is 1. The highest BCUT2D eigenvalue weighted by molar-refractivity contribution is 5.93. The van der Waals surface area contributed by atoms with Gasteiger partial charge in [0.25, 0.3) is 0 Å². The number of pyridine rings is 1. The smallest absolute Gasteiger partial charge is 0.178 e. The molecule has 0 fully saturated rings. The van der Waals surface area contributed by atoms with Crippen molar-refractivity contribution in [3.05, 3.63) is 29.1 Å². The lowest BCUT2D eigenvalue weighted by Gasteiger charge is -2.02. The monoisotopic (exact) mass is 149 g/mol. The van der Waals surface area contributed by atoms with Crippen LogP contribution in [0.15, 0.2) is 12.3 Å². The minimum Gasteiger partial charge on any atom is -0.293 e. The second kappa shape index (κ2) is 2.82. The van der Waals surface area contributed by atoms with Gasteiger partial charge in [-0.05, 0) is 31.0 Å². The van der Waals surface area contributed by atoms with Gasteiger partial charge in [-0.15, -0.1) is 0 Å². The maximum absolute atomic E-state index is 11.0. The van der Waals surface area contributed by atoms with Crippen LogP contribution in [0.5, 0.6) is 0 Å². The van der Waals surface area contributed by atoms with E-state index in [0.717, 1.165) is 11.1 Å². The van der Waals surface area contributed by atoms with Gasteiger partial charge in [0.1, 0.15) is 5.69 Å². The van der Waals surface area contributed by atoms with Gasteiger partial charge in [0.15, 0.2) is 5.78 Å². The fraction of sp³-hybridized carbons (Fsp3) is 0.333. The van der Waals surface area contributed by atoms with Crippen molar-refractivity contribution in [1.82, 2.24) is 4.98 Å². The summed E-state index contributed by atoms with van der Waals surface area (Å²) in [6.45, 7) is 5.43. The van der Waals surface area contributed by atoms with Crippen LogP contribution in [0.1, 0.15) is 28.5 Å². The molecule has 0 aliphatic heterocycles. The first-order valence-electron chi connectivity index (χ1n) is 3.56. The van der Waals surface area contributed by atoms with E-state index in [4.69, 9.17) is 0 Å². The van der Waals surface area contributed by atoms with E-state index in [-0.39, 0.29) is 5.78 Å². The van der Waals surface area contributed by atoms with E-state index >= 15 is 0 Å². The Labute approximate surface area is 66.3 Å². The molecule has 0 bridgehead atoms. The Kier molecular flexibility index (Phi) is 2.03. The zero-order valence-electron chi connectivity index (χ0n) is 7.01. The first-order chi connectivity index (χ1) is 5.13. The Morgan fingerprint density at radius 3 is 2.55 bits per heavy atom. The van der Waals surface area contributed by atoms with Crippen LogP contribution in [0.25, 0.3) is 0 Å². The summed E-state index contributed by atoms with van der Waals surface area (Å²) in [4.78, 5) is 14.9. The lowest BCUT2D eigenvalue weighted by molar-refractivity contribution is 0.101. The highest BCUT2D eigenvalue weighted by Gasteiger charge is 2.05. The van der Waals surface area contributed by atoms with Gasteiger partial charge in [-0.25, -0.2) is 0 Å². The Bertz CT molecular complexity index is 292. The van der Waals surface area contributed by atoms with Gasteiger partial charge >= 0.3 is 0 Å². The van der Waals surface area contributed by atoms with E-state index in [2.05, 4.69) is 4.98 Å². The molecule has 0 saturated carbocycles. The summed E-state index contributed by atoms with van der Waals surface area (Å²) in [6, 6.07) is 1.90. The fourth-order valence-corrected chi connectivity index (χ4v) is 0.987. The predicted molar refractivity (Wildman–Crippen MR) is 43.7 cm³/mol. The maximum atomic E-state index is 11.0. The predicted octanol–water partition coefficient (Wildman–Crippen LogP) is 1.90.